The molecule has 0 spiro atoms. The minimum absolute atomic E-state index is 0.0727. The number of hydrogen-bond donors (Lipinski definition) is 1. The lowest BCUT2D eigenvalue weighted by Gasteiger charge is -2.14. The van der Waals surface area contributed by atoms with E-state index in [1.165, 1.54) is 0 Å². The smallest absolute Gasteiger partial charge is 0.158 e. The minimum atomic E-state index is 0.0727. The van der Waals surface area contributed by atoms with Gasteiger partial charge in [-0.15, -0.1) is 5.10 Å². The van der Waals surface area contributed by atoms with Gasteiger partial charge in [0.25, 0.3) is 0 Å². The van der Waals surface area contributed by atoms with Crippen molar-refractivity contribution in [2.24, 2.45) is 11.7 Å². The molecule has 1 atom stereocenters. The summed E-state index contributed by atoms with van der Waals surface area (Å²) in [7, 11) is 0. The molecule has 5 heteroatoms. The van der Waals surface area contributed by atoms with Crippen molar-refractivity contribution in [1.29, 1.82) is 0 Å². The summed E-state index contributed by atoms with van der Waals surface area (Å²) in [5.74, 6) is 1.22. The van der Waals surface area contributed by atoms with Crippen LogP contribution in [-0.2, 0) is 6.42 Å². The highest BCUT2D eigenvalue weighted by atomic mass is 15.5. The molecule has 0 aliphatic heterocycles. The van der Waals surface area contributed by atoms with Crippen LogP contribution in [-0.4, -0.2) is 26.2 Å². The molecular formula is C12H17N5. The van der Waals surface area contributed by atoms with Crippen LogP contribution in [0.15, 0.2) is 30.3 Å². The Morgan fingerprint density at radius 2 is 1.94 bits per heavy atom. The predicted octanol–water partition coefficient (Wildman–Crippen LogP) is 1.19. The first-order valence-corrected chi connectivity index (χ1v) is 5.76. The number of aromatic nitrogens is 4. The van der Waals surface area contributed by atoms with E-state index in [-0.39, 0.29) is 6.04 Å². The number of nitrogens with two attached hydrogens (primary N) is 1. The van der Waals surface area contributed by atoms with E-state index in [1.807, 2.05) is 30.3 Å². The van der Waals surface area contributed by atoms with E-state index >= 15 is 0 Å². The van der Waals surface area contributed by atoms with Crippen molar-refractivity contribution in [2.75, 3.05) is 0 Å². The summed E-state index contributed by atoms with van der Waals surface area (Å²) in [5, 5.41) is 11.8. The predicted molar refractivity (Wildman–Crippen MR) is 65.7 cm³/mol. The van der Waals surface area contributed by atoms with E-state index in [0.717, 1.165) is 11.5 Å². The Balaban J connectivity index is 2.23. The van der Waals surface area contributed by atoms with Gasteiger partial charge < -0.3 is 5.73 Å². The van der Waals surface area contributed by atoms with E-state index < -0.39 is 0 Å². The number of nitrogens with zero attached hydrogens (tertiary/aromatic N) is 4. The SMILES string of the molecule is CC(C)C(N)Cc1nnnn1-c1ccccc1. The highest BCUT2D eigenvalue weighted by Gasteiger charge is 2.14. The van der Waals surface area contributed by atoms with Crippen molar-refractivity contribution in [3.8, 4) is 5.69 Å². The normalized spacial score (nSPS) is 12.9. The fourth-order valence-corrected chi connectivity index (χ4v) is 1.55. The molecule has 1 aromatic heterocycles. The van der Waals surface area contributed by atoms with Gasteiger partial charge in [-0.25, -0.2) is 0 Å². The second-order valence-electron chi connectivity index (χ2n) is 4.45. The van der Waals surface area contributed by atoms with Gasteiger partial charge in [0.1, 0.15) is 0 Å². The van der Waals surface area contributed by atoms with Crippen LogP contribution < -0.4 is 5.73 Å². The van der Waals surface area contributed by atoms with Gasteiger partial charge in [-0.1, -0.05) is 32.0 Å². The lowest BCUT2D eigenvalue weighted by molar-refractivity contribution is 0.477. The molecule has 0 aliphatic rings. The maximum atomic E-state index is 6.05. The maximum absolute atomic E-state index is 6.05. The quantitative estimate of drug-likeness (QED) is 0.858. The van der Waals surface area contributed by atoms with Crippen molar-refractivity contribution in [3.05, 3.63) is 36.2 Å². The lowest BCUT2D eigenvalue weighted by atomic mass is 10.0. The second kappa shape index (κ2) is 5.05. The maximum Gasteiger partial charge on any atom is 0.158 e. The molecule has 17 heavy (non-hydrogen) atoms. The van der Waals surface area contributed by atoms with Crippen LogP contribution in [0.3, 0.4) is 0 Å². The standard InChI is InChI=1S/C12H17N5/c1-9(2)11(13)8-12-14-15-16-17(12)10-6-4-3-5-7-10/h3-7,9,11H,8,13H2,1-2H3. The fourth-order valence-electron chi connectivity index (χ4n) is 1.55. The van der Waals surface area contributed by atoms with E-state index in [2.05, 4.69) is 29.4 Å². The number of benzene rings is 1. The molecule has 90 valence electrons. The minimum Gasteiger partial charge on any atom is -0.327 e. The molecule has 0 fully saturated rings. The molecule has 0 amide bonds. The number of hydrogen-bond acceptors (Lipinski definition) is 4. The third-order valence-electron chi connectivity index (χ3n) is 2.81. The molecule has 2 rings (SSSR count). The molecule has 1 unspecified atom stereocenters. The van der Waals surface area contributed by atoms with Crippen LogP contribution in [0.5, 0.6) is 0 Å². The van der Waals surface area contributed by atoms with Gasteiger partial charge in [0.05, 0.1) is 5.69 Å². The van der Waals surface area contributed by atoms with Gasteiger partial charge in [0.15, 0.2) is 5.82 Å². The Labute approximate surface area is 101 Å². The van der Waals surface area contributed by atoms with Crippen molar-refractivity contribution in [1.82, 2.24) is 20.2 Å². The Hall–Kier alpha value is -1.75. The highest BCUT2D eigenvalue weighted by molar-refractivity contribution is 5.30. The lowest BCUT2D eigenvalue weighted by Crippen LogP contribution is -2.30. The molecule has 5 nitrogen and oxygen atoms in total. The zero-order valence-electron chi connectivity index (χ0n) is 10.1. The number of tetrazole rings is 1. The molecule has 0 aliphatic carbocycles. The summed E-state index contributed by atoms with van der Waals surface area (Å²) < 4.78 is 1.74. The third-order valence-corrected chi connectivity index (χ3v) is 2.81. The second-order valence-corrected chi connectivity index (χ2v) is 4.45. The van der Waals surface area contributed by atoms with Gasteiger partial charge in [-0.2, -0.15) is 4.68 Å². The van der Waals surface area contributed by atoms with Gasteiger partial charge in [-0.3, -0.25) is 0 Å². The third kappa shape index (κ3) is 2.68. The van der Waals surface area contributed by atoms with Gasteiger partial charge >= 0.3 is 0 Å². The fraction of sp³-hybridized carbons (Fsp3) is 0.417. The number of para-hydroxylation sites is 1. The van der Waals surface area contributed by atoms with Crippen LogP contribution >= 0.6 is 0 Å². The van der Waals surface area contributed by atoms with Crippen LogP contribution in [0.25, 0.3) is 5.69 Å². The summed E-state index contributed by atoms with van der Waals surface area (Å²) in [4.78, 5) is 0. The van der Waals surface area contributed by atoms with Crippen molar-refractivity contribution >= 4 is 0 Å². The highest BCUT2D eigenvalue weighted by Crippen LogP contribution is 2.10. The topological polar surface area (TPSA) is 69.6 Å². The average molecular weight is 231 g/mol. The average Bonchev–Trinajstić information content (AvgIpc) is 2.78. The number of rotatable bonds is 4. The first kappa shape index (κ1) is 11.7. The van der Waals surface area contributed by atoms with Gasteiger partial charge in [0.2, 0.25) is 0 Å². The molecule has 1 aromatic carbocycles. The first-order chi connectivity index (χ1) is 8.18. The summed E-state index contributed by atoms with van der Waals surface area (Å²) in [6.45, 7) is 4.20. The molecular weight excluding hydrogens is 214 g/mol. The zero-order valence-corrected chi connectivity index (χ0v) is 10.1. The molecule has 0 saturated carbocycles. The molecule has 0 saturated heterocycles. The first-order valence-electron chi connectivity index (χ1n) is 5.76. The Morgan fingerprint density at radius 1 is 1.24 bits per heavy atom. The molecule has 0 bridgehead atoms. The summed E-state index contributed by atoms with van der Waals surface area (Å²) in [6, 6.07) is 9.91. The summed E-state index contributed by atoms with van der Waals surface area (Å²) in [6.07, 6.45) is 0.680. The molecule has 2 aromatic rings. The molecule has 1 heterocycles. The van der Waals surface area contributed by atoms with E-state index in [4.69, 9.17) is 5.73 Å². The van der Waals surface area contributed by atoms with Crippen LogP contribution in [0.4, 0.5) is 0 Å². The van der Waals surface area contributed by atoms with E-state index in [1.54, 1.807) is 4.68 Å². The Bertz CT molecular complexity index is 463. The molecule has 2 N–H and O–H groups in total. The zero-order chi connectivity index (χ0) is 12.3. The molecule has 0 radical (unpaired) electrons. The summed E-state index contributed by atoms with van der Waals surface area (Å²) >= 11 is 0. The Kier molecular flexibility index (Phi) is 3.49. The van der Waals surface area contributed by atoms with Crippen LogP contribution in [0.2, 0.25) is 0 Å². The van der Waals surface area contributed by atoms with Gasteiger partial charge in [-0.05, 0) is 28.5 Å². The van der Waals surface area contributed by atoms with E-state index in [0.29, 0.717) is 12.3 Å². The van der Waals surface area contributed by atoms with Crippen molar-refractivity contribution in [3.63, 3.8) is 0 Å². The van der Waals surface area contributed by atoms with Crippen LogP contribution in [0.1, 0.15) is 19.7 Å². The van der Waals surface area contributed by atoms with E-state index in [9.17, 15) is 0 Å². The van der Waals surface area contributed by atoms with Gasteiger partial charge in [0, 0.05) is 12.5 Å². The van der Waals surface area contributed by atoms with Crippen molar-refractivity contribution < 1.29 is 0 Å². The summed E-state index contributed by atoms with van der Waals surface area (Å²) in [5.41, 5.74) is 7.01. The largest absolute Gasteiger partial charge is 0.327 e. The Morgan fingerprint density at radius 3 is 2.59 bits per heavy atom. The van der Waals surface area contributed by atoms with Crippen molar-refractivity contribution in [2.45, 2.75) is 26.3 Å². The monoisotopic (exact) mass is 231 g/mol. The van der Waals surface area contributed by atoms with Crippen LogP contribution in [0, 0.1) is 5.92 Å².